The van der Waals surface area contributed by atoms with Gasteiger partial charge >= 0.3 is 0 Å². The molecule has 0 atom stereocenters. The quantitative estimate of drug-likeness (QED) is 0.630. The van der Waals surface area contributed by atoms with Crippen LogP contribution in [0.4, 0.5) is 5.82 Å². The van der Waals surface area contributed by atoms with Crippen LogP contribution in [-0.2, 0) is 11.3 Å². The van der Waals surface area contributed by atoms with Gasteiger partial charge in [-0.05, 0) is 18.2 Å². The van der Waals surface area contributed by atoms with Crippen molar-refractivity contribution in [2.75, 3.05) is 12.5 Å². The van der Waals surface area contributed by atoms with Crippen LogP contribution >= 0.6 is 27.5 Å². The SMILES string of the molecule is COCc1nc(NN)cc(Oc2cc(Br)ccc2Cl)n1. The molecule has 0 aliphatic carbocycles. The molecule has 1 aromatic carbocycles. The van der Waals surface area contributed by atoms with E-state index in [1.54, 1.807) is 25.3 Å². The molecular weight excluding hydrogens is 348 g/mol. The zero-order chi connectivity index (χ0) is 14.5. The third-order valence-corrected chi connectivity index (χ3v) is 3.08. The van der Waals surface area contributed by atoms with Crippen molar-refractivity contribution < 1.29 is 9.47 Å². The number of ether oxygens (including phenoxy) is 2. The number of hydrogen-bond donors (Lipinski definition) is 2. The lowest BCUT2D eigenvalue weighted by Crippen LogP contribution is -2.11. The Kier molecular flexibility index (Phi) is 5.13. The van der Waals surface area contributed by atoms with Gasteiger partial charge < -0.3 is 14.9 Å². The Morgan fingerprint density at radius 1 is 1.35 bits per heavy atom. The summed E-state index contributed by atoms with van der Waals surface area (Å²) in [6, 6.07) is 6.85. The number of hydrogen-bond acceptors (Lipinski definition) is 6. The van der Waals surface area contributed by atoms with Gasteiger partial charge in [0.05, 0.1) is 5.02 Å². The molecule has 0 unspecified atom stereocenters. The number of halogens is 2. The van der Waals surface area contributed by atoms with Crippen molar-refractivity contribution in [3.63, 3.8) is 0 Å². The second-order valence-corrected chi connectivity index (χ2v) is 5.08. The standard InChI is InChI=1S/C12H12BrClN4O2/c1-19-6-11-16-10(18-15)5-12(17-11)20-9-4-7(13)2-3-8(9)14/h2-5H,6,15H2,1H3,(H,16,17,18). The first-order valence-corrected chi connectivity index (χ1v) is 6.76. The van der Waals surface area contributed by atoms with Crippen LogP contribution in [0.1, 0.15) is 5.82 Å². The largest absolute Gasteiger partial charge is 0.437 e. The van der Waals surface area contributed by atoms with Crippen molar-refractivity contribution in [3.8, 4) is 11.6 Å². The number of nitrogens with two attached hydrogens (primary N) is 1. The van der Waals surface area contributed by atoms with Crippen LogP contribution < -0.4 is 16.0 Å². The minimum absolute atomic E-state index is 0.248. The number of nitrogen functional groups attached to an aromatic ring is 1. The molecule has 2 aromatic rings. The zero-order valence-electron chi connectivity index (χ0n) is 10.6. The van der Waals surface area contributed by atoms with Crippen molar-refractivity contribution >= 4 is 33.3 Å². The van der Waals surface area contributed by atoms with Gasteiger partial charge in [-0.2, -0.15) is 4.98 Å². The maximum atomic E-state index is 6.07. The van der Waals surface area contributed by atoms with Crippen LogP contribution in [0.15, 0.2) is 28.7 Å². The van der Waals surface area contributed by atoms with Crippen molar-refractivity contribution in [1.29, 1.82) is 0 Å². The third kappa shape index (κ3) is 3.80. The molecule has 2 rings (SSSR count). The highest BCUT2D eigenvalue weighted by Gasteiger charge is 2.09. The lowest BCUT2D eigenvalue weighted by Gasteiger charge is -2.10. The van der Waals surface area contributed by atoms with Gasteiger partial charge in [-0.15, -0.1) is 0 Å². The van der Waals surface area contributed by atoms with Gasteiger partial charge in [-0.25, -0.2) is 10.8 Å². The highest BCUT2D eigenvalue weighted by molar-refractivity contribution is 9.10. The van der Waals surface area contributed by atoms with E-state index in [-0.39, 0.29) is 6.61 Å². The van der Waals surface area contributed by atoms with Crippen molar-refractivity contribution in [3.05, 3.63) is 39.6 Å². The summed E-state index contributed by atoms with van der Waals surface area (Å²) in [7, 11) is 1.55. The van der Waals surface area contributed by atoms with Crippen LogP contribution in [0, 0.1) is 0 Å². The van der Waals surface area contributed by atoms with Crippen LogP contribution in [0.3, 0.4) is 0 Å². The molecule has 106 valence electrons. The Hall–Kier alpha value is -1.41. The number of rotatable bonds is 5. The Morgan fingerprint density at radius 2 is 2.15 bits per heavy atom. The fraction of sp³-hybridized carbons (Fsp3) is 0.167. The van der Waals surface area contributed by atoms with E-state index in [2.05, 4.69) is 31.3 Å². The first-order chi connectivity index (χ1) is 9.62. The number of benzene rings is 1. The van der Waals surface area contributed by atoms with E-state index in [4.69, 9.17) is 26.9 Å². The summed E-state index contributed by atoms with van der Waals surface area (Å²) < 4.78 is 11.5. The lowest BCUT2D eigenvalue weighted by molar-refractivity contribution is 0.177. The van der Waals surface area contributed by atoms with Gasteiger partial charge in [0.2, 0.25) is 5.88 Å². The first-order valence-electron chi connectivity index (χ1n) is 5.59. The van der Waals surface area contributed by atoms with Crippen LogP contribution in [0.2, 0.25) is 5.02 Å². The Bertz CT molecular complexity index is 612. The second-order valence-electron chi connectivity index (χ2n) is 3.76. The van der Waals surface area contributed by atoms with Gasteiger partial charge in [0, 0.05) is 17.6 Å². The summed E-state index contributed by atoms with van der Waals surface area (Å²) in [5.74, 6) is 7.03. The fourth-order valence-electron chi connectivity index (χ4n) is 1.46. The molecule has 0 spiro atoms. The van der Waals surface area contributed by atoms with Gasteiger partial charge in [-0.1, -0.05) is 27.5 Å². The molecule has 1 aromatic heterocycles. The predicted molar refractivity (Wildman–Crippen MR) is 79.8 cm³/mol. The van der Waals surface area contributed by atoms with E-state index in [1.165, 1.54) is 0 Å². The molecule has 0 fully saturated rings. The topological polar surface area (TPSA) is 82.3 Å². The monoisotopic (exact) mass is 358 g/mol. The molecule has 8 heteroatoms. The zero-order valence-corrected chi connectivity index (χ0v) is 12.9. The molecule has 0 saturated carbocycles. The summed E-state index contributed by atoms with van der Waals surface area (Å²) in [5.41, 5.74) is 2.45. The van der Waals surface area contributed by atoms with Crippen molar-refractivity contribution in [2.24, 2.45) is 5.84 Å². The minimum Gasteiger partial charge on any atom is -0.437 e. The number of aromatic nitrogens is 2. The van der Waals surface area contributed by atoms with E-state index >= 15 is 0 Å². The summed E-state index contributed by atoms with van der Waals surface area (Å²) in [4.78, 5) is 8.34. The lowest BCUT2D eigenvalue weighted by atomic mass is 10.3. The normalized spacial score (nSPS) is 10.4. The third-order valence-electron chi connectivity index (χ3n) is 2.28. The molecule has 0 saturated heterocycles. The first kappa shape index (κ1) is 15.0. The number of anilines is 1. The predicted octanol–water partition coefficient (Wildman–Crippen LogP) is 3.12. The minimum atomic E-state index is 0.248. The van der Waals surface area contributed by atoms with Crippen LogP contribution in [0.25, 0.3) is 0 Å². The molecule has 1 heterocycles. The smallest absolute Gasteiger partial charge is 0.224 e. The van der Waals surface area contributed by atoms with E-state index < -0.39 is 0 Å². The Labute approximate surface area is 129 Å². The summed E-state index contributed by atoms with van der Waals surface area (Å²) in [6.45, 7) is 0.248. The molecule has 6 nitrogen and oxygen atoms in total. The molecule has 0 aliphatic rings. The number of nitrogens with zero attached hydrogens (tertiary/aromatic N) is 2. The van der Waals surface area contributed by atoms with Crippen LogP contribution in [-0.4, -0.2) is 17.1 Å². The molecule has 0 bridgehead atoms. The fourth-order valence-corrected chi connectivity index (χ4v) is 1.96. The molecule has 0 radical (unpaired) electrons. The molecule has 3 N–H and O–H groups in total. The maximum Gasteiger partial charge on any atom is 0.224 e. The number of hydrazine groups is 1. The van der Waals surface area contributed by atoms with Gasteiger partial charge in [0.1, 0.15) is 18.2 Å². The highest BCUT2D eigenvalue weighted by Crippen LogP contribution is 2.31. The number of nitrogens with one attached hydrogen (secondary N) is 1. The van der Waals surface area contributed by atoms with Crippen molar-refractivity contribution in [1.82, 2.24) is 9.97 Å². The highest BCUT2D eigenvalue weighted by atomic mass is 79.9. The molecule has 0 amide bonds. The van der Waals surface area contributed by atoms with E-state index in [1.807, 2.05) is 6.07 Å². The van der Waals surface area contributed by atoms with Crippen molar-refractivity contribution in [2.45, 2.75) is 6.61 Å². The summed E-state index contributed by atoms with van der Waals surface area (Å²) in [6.07, 6.45) is 0. The van der Waals surface area contributed by atoms with E-state index in [9.17, 15) is 0 Å². The van der Waals surface area contributed by atoms with Gasteiger partial charge in [-0.3, -0.25) is 0 Å². The summed E-state index contributed by atoms with van der Waals surface area (Å²) in [5, 5.41) is 0.474. The van der Waals surface area contributed by atoms with E-state index in [0.717, 1.165) is 4.47 Å². The molecule has 20 heavy (non-hydrogen) atoms. The van der Waals surface area contributed by atoms with E-state index in [0.29, 0.717) is 28.3 Å². The van der Waals surface area contributed by atoms with Crippen LogP contribution in [0.5, 0.6) is 11.6 Å². The molecule has 0 aliphatic heterocycles. The van der Waals surface area contributed by atoms with Gasteiger partial charge in [0.25, 0.3) is 0 Å². The van der Waals surface area contributed by atoms with Gasteiger partial charge in [0.15, 0.2) is 5.82 Å². The number of methoxy groups -OCH3 is 1. The second kappa shape index (κ2) is 6.85. The molecular formula is C12H12BrClN4O2. The average Bonchev–Trinajstić information content (AvgIpc) is 2.43. The Morgan fingerprint density at radius 3 is 2.85 bits per heavy atom. The maximum absolute atomic E-state index is 6.07. The summed E-state index contributed by atoms with van der Waals surface area (Å²) >= 11 is 9.42. The Balaban J connectivity index is 2.32. The average molecular weight is 360 g/mol.